The van der Waals surface area contributed by atoms with E-state index in [1.807, 2.05) is 0 Å². The molecule has 2 nitrogen and oxygen atoms in total. The number of ether oxygens (including phenoxy) is 1. The van der Waals surface area contributed by atoms with Gasteiger partial charge in [-0.15, -0.1) is 0 Å². The van der Waals surface area contributed by atoms with E-state index in [1.54, 1.807) is 0 Å². The molecule has 1 spiro atoms. The van der Waals surface area contributed by atoms with E-state index in [2.05, 4.69) is 6.08 Å². The molecular formula is C11H16O2. The summed E-state index contributed by atoms with van der Waals surface area (Å²) in [6.45, 7) is 0. The molecule has 0 amide bonds. The van der Waals surface area contributed by atoms with Crippen molar-refractivity contribution in [2.24, 2.45) is 5.41 Å². The van der Waals surface area contributed by atoms with Crippen molar-refractivity contribution in [1.29, 1.82) is 0 Å². The number of hydrogen-bond acceptors (Lipinski definition) is 2. The van der Waals surface area contributed by atoms with Crippen LogP contribution in [0.4, 0.5) is 0 Å². The molecule has 0 saturated heterocycles. The summed E-state index contributed by atoms with van der Waals surface area (Å²) in [5, 5.41) is 0. The summed E-state index contributed by atoms with van der Waals surface area (Å²) in [6, 6.07) is 0. The highest BCUT2D eigenvalue weighted by Gasteiger charge is 2.38. The Morgan fingerprint density at radius 1 is 1.46 bits per heavy atom. The SMILES string of the molecule is COC(=O)C1=CCC2(CCC2)CC1. The molecule has 72 valence electrons. The van der Waals surface area contributed by atoms with E-state index in [-0.39, 0.29) is 5.97 Å². The van der Waals surface area contributed by atoms with E-state index in [4.69, 9.17) is 4.74 Å². The first-order valence-electron chi connectivity index (χ1n) is 5.03. The highest BCUT2D eigenvalue weighted by Crippen LogP contribution is 2.50. The van der Waals surface area contributed by atoms with Crippen LogP contribution in [0.3, 0.4) is 0 Å². The van der Waals surface area contributed by atoms with E-state index in [0.29, 0.717) is 5.41 Å². The summed E-state index contributed by atoms with van der Waals surface area (Å²) in [4.78, 5) is 11.2. The van der Waals surface area contributed by atoms with Crippen molar-refractivity contribution in [3.8, 4) is 0 Å². The molecule has 0 heterocycles. The van der Waals surface area contributed by atoms with Crippen LogP contribution in [0.1, 0.15) is 38.5 Å². The normalized spacial score (nSPS) is 24.8. The first-order chi connectivity index (χ1) is 6.26. The summed E-state index contributed by atoms with van der Waals surface area (Å²) < 4.78 is 4.70. The zero-order valence-corrected chi connectivity index (χ0v) is 8.14. The number of esters is 1. The molecule has 1 fully saturated rings. The molecule has 13 heavy (non-hydrogen) atoms. The van der Waals surface area contributed by atoms with Crippen LogP contribution >= 0.6 is 0 Å². The molecule has 0 aromatic carbocycles. The summed E-state index contributed by atoms with van der Waals surface area (Å²) in [5.74, 6) is -0.130. The molecule has 2 rings (SSSR count). The Bertz CT molecular complexity index is 249. The van der Waals surface area contributed by atoms with E-state index in [9.17, 15) is 4.79 Å². The van der Waals surface area contributed by atoms with Gasteiger partial charge < -0.3 is 4.74 Å². The number of hydrogen-bond donors (Lipinski definition) is 0. The maximum atomic E-state index is 11.2. The number of allylic oxidation sites excluding steroid dienone is 1. The minimum absolute atomic E-state index is 0.130. The number of methoxy groups -OCH3 is 1. The van der Waals surface area contributed by atoms with Crippen molar-refractivity contribution in [3.63, 3.8) is 0 Å². The van der Waals surface area contributed by atoms with Crippen molar-refractivity contribution in [2.75, 3.05) is 7.11 Å². The third-order valence-corrected chi connectivity index (χ3v) is 3.57. The first kappa shape index (κ1) is 8.79. The van der Waals surface area contributed by atoms with E-state index in [1.165, 1.54) is 32.8 Å². The molecule has 2 aliphatic carbocycles. The molecule has 0 N–H and O–H groups in total. The molecule has 2 heteroatoms. The average Bonchev–Trinajstić information content (AvgIpc) is 2.14. The molecule has 1 saturated carbocycles. The first-order valence-corrected chi connectivity index (χ1v) is 5.03. The minimum atomic E-state index is -0.130. The molecule has 0 aromatic heterocycles. The molecule has 0 atom stereocenters. The summed E-state index contributed by atoms with van der Waals surface area (Å²) in [6.07, 6.45) is 9.39. The summed E-state index contributed by atoms with van der Waals surface area (Å²) in [7, 11) is 1.46. The van der Waals surface area contributed by atoms with Crippen LogP contribution in [0.25, 0.3) is 0 Å². The molecule has 0 radical (unpaired) electrons. The van der Waals surface area contributed by atoms with E-state index >= 15 is 0 Å². The maximum absolute atomic E-state index is 11.2. The lowest BCUT2D eigenvalue weighted by Crippen LogP contribution is -2.31. The second-order valence-corrected chi connectivity index (χ2v) is 4.28. The highest BCUT2D eigenvalue weighted by atomic mass is 16.5. The smallest absolute Gasteiger partial charge is 0.333 e. The lowest BCUT2D eigenvalue weighted by atomic mass is 9.61. The van der Waals surface area contributed by atoms with Gasteiger partial charge in [0.25, 0.3) is 0 Å². The third-order valence-electron chi connectivity index (χ3n) is 3.57. The van der Waals surface area contributed by atoms with Crippen molar-refractivity contribution in [2.45, 2.75) is 38.5 Å². The van der Waals surface area contributed by atoms with Gasteiger partial charge in [-0.3, -0.25) is 0 Å². The molecule has 2 aliphatic rings. The van der Waals surface area contributed by atoms with Gasteiger partial charge in [-0.1, -0.05) is 12.5 Å². The number of carbonyl (C=O) groups is 1. The van der Waals surface area contributed by atoms with Crippen molar-refractivity contribution < 1.29 is 9.53 Å². The second-order valence-electron chi connectivity index (χ2n) is 4.28. The van der Waals surface area contributed by atoms with Gasteiger partial charge in [-0.2, -0.15) is 0 Å². The number of rotatable bonds is 1. The van der Waals surface area contributed by atoms with Crippen LogP contribution in [0.5, 0.6) is 0 Å². The topological polar surface area (TPSA) is 26.3 Å². The lowest BCUT2D eigenvalue weighted by Gasteiger charge is -2.43. The van der Waals surface area contributed by atoms with Crippen LogP contribution in [0.2, 0.25) is 0 Å². The van der Waals surface area contributed by atoms with Crippen LogP contribution < -0.4 is 0 Å². The fourth-order valence-electron chi connectivity index (χ4n) is 2.39. The van der Waals surface area contributed by atoms with Gasteiger partial charge in [0, 0.05) is 5.57 Å². The third kappa shape index (κ3) is 1.50. The Kier molecular flexibility index (Phi) is 2.14. The predicted molar refractivity (Wildman–Crippen MR) is 50.2 cm³/mol. The summed E-state index contributed by atoms with van der Waals surface area (Å²) >= 11 is 0. The Labute approximate surface area is 79.0 Å². The monoisotopic (exact) mass is 180 g/mol. The second kappa shape index (κ2) is 3.17. The predicted octanol–water partition coefficient (Wildman–Crippen LogP) is 2.44. The quantitative estimate of drug-likeness (QED) is 0.579. The number of carbonyl (C=O) groups excluding carboxylic acids is 1. The molecule has 0 aliphatic heterocycles. The Morgan fingerprint density at radius 3 is 2.62 bits per heavy atom. The van der Waals surface area contributed by atoms with Gasteiger partial charge in [-0.05, 0) is 37.5 Å². The minimum Gasteiger partial charge on any atom is -0.466 e. The van der Waals surface area contributed by atoms with Crippen molar-refractivity contribution in [1.82, 2.24) is 0 Å². The molecule has 0 unspecified atom stereocenters. The maximum Gasteiger partial charge on any atom is 0.333 e. The standard InChI is InChI=1S/C11H16O2/c1-13-10(12)9-3-7-11(8-4-9)5-2-6-11/h3H,2,4-8H2,1H3. The largest absolute Gasteiger partial charge is 0.466 e. The fraction of sp³-hybridized carbons (Fsp3) is 0.727. The van der Waals surface area contributed by atoms with Gasteiger partial charge in [0.2, 0.25) is 0 Å². The van der Waals surface area contributed by atoms with Crippen LogP contribution in [-0.2, 0) is 9.53 Å². The van der Waals surface area contributed by atoms with Gasteiger partial charge in [-0.25, -0.2) is 4.79 Å². The van der Waals surface area contributed by atoms with Crippen molar-refractivity contribution in [3.05, 3.63) is 11.6 Å². The summed E-state index contributed by atoms with van der Waals surface area (Å²) in [5.41, 5.74) is 1.47. The van der Waals surface area contributed by atoms with Gasteiger partial charge in [0.1, 0.15) is 0 Å². The zero-order valence-electron chi connectivity index (χ0n) is 8.14. The zero-order chi connectivity index (χ0) is 9.31. The van der Waals surface area contributed by atoms with Gasteiger partial charge in [0.05, 0.1) is 7.11 Å². The fourth-order valence-corrected chi connectivity index (χ4v) is 2.39. The van der Waals surface area contributed by atoms with E-state index in [0.717, 1.165) is 18.4 Å². The molecule has 0 bridgehead atoms. The van der Waals surface area contributed by atoms with Gasteiger partial charge in [0.15, 0.2) is 0 Å². The van der Waals surface area contributed by atoms with E-state index < -0.39 is 0 Å². The van der Waals surface area contributed by atoms with Gasteiger partial charge >= 0.3 is 5.97 Å². The van der Waals surface area contributed by atoms with Crippen LogP contribution in [0.15, 0.2) is 11.6 Å². The molecule has 0 aromatic rings. The van der Waals surface area contributed by atoms with Crippen LogP contribution in [0, 0.1) is 5.41 Å². The highest BCUT2D eigenvalue weighted by molar-refractivity contribution is 5.88. The Hall–Kier alpha value is -0.790. The molecular weight excluding hydrogens is 164 g/mol. The Morgan fingerprint density at radius 2 is 2.23 bits per heavy atom. The Balaban J connectivity index is 2.00. The van der Waals surface area contributed by atoms with Crippen molar-refractivity contribution >= 4 is 5.97 Å². The lowest BCUT2D eigenvalue weighted by molar-refractivity contribution is -0.136. The van der Waals surface area contributed by atoms with Crippen LogP contribution in [-0.4, -0.2) is 13.1 Å². The average molecular weight is 180 g/mol.